The van der Waals surface area contributed by atoms with E-state index in [0.29, 0.717) is 31.2 Å². The fourth-order valence-electron chi connectivity index (χ4n) is 5.81. The number of ether oxygens (including phenoxy) is 2. The monoisotopic (exact) mass is 514 g/mol. The number of nitrogens with zero attached hydrogens (tertiary/aromatic N) is 1. The third-order valence-corrected chi connectivity index (χ3v) is 8.39. The summed E-state index contributed by atoms with van der Waals surface area (Å²) in [5.41, 5.74) is 3.82. The highest BCUT2D eigenvalue weighted by Gasteiger charge is 2.48. The molecule has 1 N–H and O–H groups in total. The van der Waals surface area contributed by atoms with Gasteiger partial charge in [-0.1, -0.05) is 70.1 Å². The van der Waals surface area contributed by atoms with Gasteiger partial charge < -0.3 is 14.8 Å². The van der Waals surface area contributed by atoms with E-state index in [1.165, 1.54) is 24.0 Å². The van der Waals surface area contributed by atoms with Gasteiger partial charge in [0.1, 0.15) is 6.04 Å². The normalized spacial score (nSPS) is 29.2. The molecule has 5 atom stereocenters. The zero-order chi connectivity index (χ0) is 22.2. The molecule has 5 unspecified atom stereocenters. The number of thiocarbonyl (C=S) groups is 1. The number of halogens is 1. The highest BCUT2D eigenvalue weighted by Crippen LogP contribution is 2.47. The van der Waals surface area contributed by atoms with Crippen LogP contribution in [0.25, 0.3) is 0 Å². The van der Waals surface area contributed by atoms with E-state index in [1.54, 1.807) is 0 Å². The highest BCUT2D eigenvalue weighted by atomic mass is 79.9. The fourth-order valence-corrected chi connectivity index (χ4v) is 6.67. The van der Waals surface area contributed by atoms with Gasteiger partial charge >= 0.3 is 0 Å². The molecule has 0 amide bonds. The average molecular weight is 516 g/mol. The summed E-state index contributed by atoms with van der Waals surface area (Å²) in [6, 6.07) is 18.4. The number of rotatable bonds is 5. The molecule has 32 heavy (non-hydrogen) atoms. The molecule has 3 aliphatic heterocycles. The molecule has 3 saturated heterocycles. The van der Waals surface area contributed by atoms with Crippen molar-refractivity contribution < 1.29 is 9.47 Å². The SMILES string of the molecule is Cc1ccc(C2CC3CCC(C2C(=S)NC(c2cccc(Br)c2)C2OCCO2)N3C)cc1. The summed E-state index contributed by atoms with van der Waals surface area (Å²) >= 11 is 9.79. The number of fused-ring (bicyclic) bond motifs is 2. The number of aryl methyl sites for hydroxylation is 1. The van der Waals surface area contributed by atoms with Crippen LogP contribution in [0.15, 0.2) is 53.0 Å². The maximum Gasteiger partial charge on any atom is 0.182 e. The lowest BCUT2D eigenvalue weighted by Crippen LogP contribution is -2.52. The topological polar surface area (TPSA) is 33.7 Å². The quantitative estimate of drug-likeness (QED) is 0.543. The van der Waals surface area contributed by atoms with E-state index in [9.17, 15) is 0 Å². The molecule has 170 valence electrons. The Hall–Kier alpha value is -1.31. The summed E-state index contributed by atoms with van der Waals surface area (Å²) in [6.07, 6.45) is 3.28. The van der Waals surface area contributed by atoms with Gasteiger partial charge in [-0.2, -0.15) is 0 Å². The van der Waals surface area contributed by atoms with Gasteiger partial charge in [-0.3, -0.25) is 4.90 Å². The summed E-state index contributed by atoms with van der Waals surface area (Å²) < 4.78 is 12.9. The lowest BCUT2D eigenvalue weighted by molar-refractivity contribution is -0.0647. The van der Waals surface area contributed by atoms with E-state index < -0.39 is 0 Å². The van der Waals surface area contributed by atoms with Gasteiger partial charge in [0.05, 0.1) is 18.2 Å². The molecule has 0 aliphatic carbocycles. The second-order valence-electron chi connectivity index (χ2n) is 9.39. The van der Waals surface area contributed by atoms with Gasteiger partial charge in [-0.25, -0.2) is 0 Å². The van der Waals surface area contributed by atoms with E-state index in [0.717, 1.165) is 21.4 Å². The lowest BCUT2D eigenvalue weighted by Gasteiger charge is -2.44. The average Bonchev–Trinajstić information content (AvgIpc) is 3.38. The largest absolute Gasteiger partial charge is 0.368 e. The first-order chi connectivity index (χ1) is 15.5. The van der Waals surface area contributed by atoms with Crippen molar-refractivity contribution in [3.05, 3.63) is 69.7 Å². The van der Waals surface area contributed by atoms with Crippen LogP contribution >= 0.6 is 28.1 Å². The number of hydrogen-bond acceptors (Lipinski definition) is 4. The summed E-state index contributed by atoms with van der Waals surface area (Å²) in [5, 5.41) is 3.72. The van der Waals surface area contributed by atoms with Crippen LogP contribution in [-0.2, 0) is 9.47 Å². The van der Waals surface area contributed by atoms with E-state index >= 15 is 0 Å². The molecule has 0 aromatic heterocycles. The molecule has 6 heteroatoms. The molecule has 3 heterocycles. The first kappa shape index (κ1) is 22.5. The number of hydrogen-bond donors (Lipinski definition) is 1. The lowest BCUT2D eigenvalue weighted by atomic mass is 9.75. The second kappa shape index (κ2) is 9.51. The van der Waals surface area contributed by atoms with E-state index in [4.69, 9.17) is 21.7 Å². The van der Waals surface area contributed by atoms with Crippen LogP contribution in [0.2, 0.25) is 0 Å². The Morgan fingerprint density at radius 2 is 1.88 bits per heavy atom. The molecule has 3 aliphatic rings. The molecule has 0 radical (unpaired) electrons. The molecule has 0 saturated carbocycles. The Kier molecular flexibility index (Phi) is 6.68. The van der Waals surface area contributed by atoms with Crippen LogP contribution in [0.4, 0.5) is 0 Å². The molecule has 5 rings (SSSR count). The molecule has 0 spiro atoms. The van der Waals surface area contributed by atoms with Gasteiger partial charge in [0, 0.05) is 22.5 Å². The molecule has 2 bridgehead atoms. The maximum atomic E-state index is 6.18. The molecular weight excluding hydrogens is 484 g/mol. The van der Waals surface area contributed by atoms with Crippen LogP contribution in [0, 0.1) is 12.8 Å². The van der Waals surface area contributed by atoms with E-state index in [-0.39, 0.29) is 18.2 Å². The van der Waals surface area contributed by atoms with Crippen LogP contribution in [0.1, 0.15) is 47.9 Å². The van der Waals surface area contributed by atoms with Crippen molar-refractivity contribution in [2.45, 2.75) is 56.5 Å². The Bertz CT molecular complexity index is 963. The van der Waals surface area contributed by atoms with Crippen LogP contribution < -0.4 is 5.32 Å². The Labute approximate surface area is 204 Å². The van der Waals surface area contributed by atoms with Crippen molar-refractivity contribution >= 4 is 33.1 Å². The molecule has 2 aromatic carbocycles. The van der Waals surface area contributed by atoms with Gasteiger partial charge in [0.15, 0.2) is 6.29 Å². The van der Waals surface area contributed by atoms with Crippen LogP contribution in [-0.4, -0.2) is 48.5 Å². The van der Waals surface area contributed by atoms with E-state index in [1.807, 2.05) is 6.07 Å². The predicted molar refractivity (Wildman–Crippen MR) is 135 cm³/mol. The van der Waals surface area contributed by atoms with E-state index in [2.05, 4.69) is 82.6 Å². The summed E-state index contributed by atoms with van der Waals surface area (Å²) in [7, 11) is 2.28. The van der Waals surface area contributed by atoms with Crippen molar-refractivity contribution in [1.82, 2.24) is 10.2 Å². The summed E-state index contributed by atoms with van der Waals surface area (Å²) in [6.45, 7) is 3.38. The standard InChI is InChI=1S/C26H31BrN2O2S/c1-16-6-8-17(9-7-16)21-15-20-10-11-22(29(20)2)23(21)25(32)28-24(26-30-12-13-31-26)18-4-3-5-19(27)14-18/h3-9,14,20-24,26H,10-13,15H2,1-2H3,(H,28,32). The third-order valence-electron chi connectivity index (χ3n) is 7.50. The first-order valence-corrected chi connectivity index (χ1v) is 12.8. The maximum absolute atomic E-state index is 6.18. The van der Waals surface area contributed by atoms with Crippen molar-refractivity contribution in [3.8, 4) is 0 Å². The fraction of sp³-hybridized carbons (Fsp3) is 0.500. The zero-order valence-corrected chi connectivity index (χ0v) is 21.1. The number of piperidine rings is 1. The Balaban J connectivity index is 1.45. The van der Waals surface area contributed by atoms with Crippen molar-refractivity contribution in [2.75, 3.05) is 20.3 Å². The van der Waals surface area contributed by atoms with Gasteiger partial charge in [-0.15, -0.1) is 0 Å². The molecule has 2 aromatic rings. The third kappa shape index (κ3) is 4.40. The number of nitrogens with one attached hydrogen (secondary N) is 1. The zero-order valence-electron chi connectivity index (χ0n) is 18.7. The first-order valence-electron chi connectivity index (χ1n) is 11.6. The van der Waals surface area contributed by atoms with Gasteiger partial charge in [-0.05, 0) is 62.4 Å². The smallest absolute Gasteiger partial charge is 0.182 e. The van der Waals surface area contributed by atoms with Crippen molar-refractivity contribution in [2.24, 2.45) is 5.92 Å². The minimum Gasteiger partial charge on any atom is -0.368 e. The number of benzene rings is 2. The molecule has 3 fully saturated rings. The Morgan fingerprint density at radius 3 is 2.59 bits per heavy atom. The summed E-state index contributed by atoms with van der Waals surface area (Å²) in [5.74, 6) is 0.699. The Morgan fingerprint density at radius 1 is 1.12 bits per heavy atom. The van der Waals surface area contributed by atoms with Crippen molar-refractivity contribution in [3.63, 3.8) is 0 Å². The summed E-state index contributed by atoms with van der Waals surface area (Å²) in [4.78, 5) is 3.50. The van der Waals surface area contributed by atoms with Gasteiger partial charge in [0.25, 0.3) is 0 Å². The van der Waals surface area contributed by atoms with Crippen LogP contribution in [0.5, 0.6) is 0 Å². The molecule has 4 nitrogen and oxygen atoms in total. The minimum absolute atomic E-state index is 0.134. The minimum atomic E-state index is -0.335. The van der Waals surface area contributed by atoms with Crippen LogP contribution in [0.3, 0.4) is 0 Å². The highest BCUT2D eigenvalue weighted by molar-refractivity contribution is 9.10. The molecular formula is C26H31BrN2O2S. The predicted octanol–water partition coefficient (Wildman–Crippen LogP) is 5.36. The van der Waals surface area contributed by atoms with Gasteiger partial charge in [0.2, 0.25) is 0 Å². The second-order valence-corrected chi connectivity index (χ2v) is 10.7. The van der Waals surface area contributed by atoms with Crippen molar-refractivity contribution in [1.29, 1.82) is 0 Å².